The fraction of sp³-hybridized carbons (Fsp3) is 0.387. The van der Waals surface area contributed by atoms with Crippen LogP contribution in [0.25, 0.3) is 6.08 Å². The summed E-state index contributed by atoms with van der Waals surface area (Å²) in [5, 5.41) is 0. The van der Waals surface area contributed by atoms with Crippen LogP contribution in [-0.2, 0) is 9.53 Å². The highest BCUT2D eigenvalue weighted by Gasteiger charge is 2.35. The Labute approximate surface area is 238 Å². The largest absolute Gasteiger partial charge is 0.493 e. The first-order chi connectivity index (χ1) is 19.1. The van der Waals surface area contributed by atoms with Crippen LogP contribution in [0.2, 0.25) is 0 Å². The van der Waals surface area contributed by atoms with Gasteiger partial charge in [0.2, 0.25) is 0 Å². The van der Waals surface area contributed by atoms with Gasteiger partial charge in [0.1, 0.15) is 11.8 Å². The molecule has 0 aliphatic carbocycles. The number of nitrogens with zero attached hydrogens (tertiary/aromatic N) is 2. The first-order valence-corrected chi connectivity index (χ1v) is 14.2. The number of aromatic nitrogens is 1. The minimum Gasteiger partial charge on any atom is -0.493 e. The number of para-hydroxylation sites is 1. The molecule has 40 heavy (non-hydrogen) atoms. The molecular weight excluding hydrogens is 528 g/mol. The minimum absolute atomic E-state index is 0.101. The van der Waals surface area contributed by atoms with Gasteiger partial charge in [-0.2, -0.15) is 0 Å². The number of hydrogen-bond donors (Lipinski definition) is 0. The Kier molecular flexibility index (Phi) is 9.14. The molecule has 0 amide bonds. The monoisotopic (exact) mass is 564 g/mol. The van der Waals surface area contributed by atoms with E-state index in [1.165, 1.54) is 11.3 Å². The van der Waals surface area contributed by atoms with E-state index < -0.39 is 12.0 Å². The van der Waals surface area contributed by atoms with Crippen molar-refractivity contribution in [1.29, 1.82) is 0 Å². The molecule has 1 atom stereocenters. The number of carbonyl (C=O) groups excluding carboxylic acids is 1. The SMILES string of the molecule is CCOC(=O)C1=C(C)N=c2s/c(=C/c3ccc(OCC(C)C)c(OC)c3)c(=O)n2[C@@H]1c1ccccc1OC(C)C. The highest BCUT2D eigenvalue weighted by Crippen LogP contribution is 2.36. The Balaban J connectivity index is 1.88. The van der Waals surface area contributed by atoms with Gasteiger partial charge in [0.25, 0.3) is 5.56 Å². The van der Waals surface area contributed by atoms with Crippen LogP contribution in [0.15, 0.2) is 63.5 Å². The van der Waals surface area contributed by atoms with E-state index in [0.29, 0.717) is 55.9 Å². The molecule has 0 N–H and O–H groups in total. The Morgan fingerprint density at radius 1 is 1.10 bits per heavy atom. The van der Waals surface area contributed by atoms with Crippen LogP contribution in [0.4, 0.5) is 0 Å². The molecule has 1 aliphatic heterocycles. The number of rotatable bonds is 10. The summed E-state index contributed by atoms with van der Waals surface area (Å²) >= 11 is 1.27. The fourth-order valence-corrected chi connectivity index (χ4v) is 5.50. The van der Waals surface area contributed by atoms with Crippen molar-refractivity contribution in [3.63, 3.8) is 0 Å². The van der Waals surface area contributed by atoms with E-state index in [1.54, 1.807) is 31.6 Å². The van der Waals surface area contributed by atoms with E-state index in [1.807, 2.05) is 56.3 Å². The maximum absolute atomic E-state index is 14.0. The molecule has 0 fully saturated rings. The van der Waals surface area contributed by atoms with E-state index in [-0.39, 0.29) is 18.3 Å². The summed E-state index contributed by atoms with van der Waals surface area (Å²) in [5.74, 6) is 1.68. The van der Waals surface area contributed by atoms with Crippen molar-refractivity contribution in [2.75, 3.05) is 20.3 Å². The standard InChI is InChI=1S/C31H36N2O6S/c1-8-37-30(35)27-20(6)32-31-33(28(27)22-11-9-10-12-23(22)39-19(4)5)29(34)26(40-31)16-21-13-14-24(25(15-21)36-7)38-17-18(2)3/h9-16,18-19,28H,8,17H2,1-7H3/b26-16+/t28-/m1/s1. The van der Waals surface area contributed by atoms with Crippen molar-refractivity contribution >= 4 is 23.4 Å². The number of esters is 1. The second-order valence-corrected chi connectivity index (χ2v) is 11.1. The van der Waals surface area contributed by atoms with Crippen molar-refractivity contribution in [1.82, 2.24) is 4.57 Å². The number of carbonyl (C=O) groups is 1. The predicted octanol–water partition coefficient (Wildman–Crippen LogP) is 4.63. The van der Waals surface area contributed by atoms with Crippen molar-refractivity contribution in [3.8, 4) is 17.2 Å². The van der Waals surface area contributed by atoms with Crippen LogP contribution in [0.3, 0.4) is 0 Å². The van der Waals surface area contributed by atoms with Gasteiger partial charge in [0.15, 0.2) is 16.3 Å². The molecule has 0 spiro atoms. The van der Waals surface area contributed by atoms with E-state index >= 15 is 0 Å². The van der Waals surface area contributed by atoms with E-state index in [9.17, 15) is 9.59 Å². The molecule has 2 heterocycles. The van der Waals surface area contributed by atoms with E-state index in [2.05, 4.69) is 18.8 Å². The quantitative estimate of drug-likeness (QED) is 0.334. The third-order valence-corrected chi connectivity index (χ3v) is 7.13. The number of benzene rings is 2. The Hall–Kier alpha value is -3.85. The van der Waals surface area contributed by atoms with Crippen LogP contribution in [0.1, 0.15) is 58.7 Å². The van der Waals surface area contributed by atoms with Gasteiger partial charge in [0.05, 0.1) is 42.2 Å². The maximum Gasteiger partial charge on any atom is 0.338 e. The fourth-order valence-electron chi connectivity index (χ4n) is 4.45. The molecule has 4 rings (SSSR count). The summed E-state index contributed by atoms with van der Waals surface area (Å²) in [5.41, 5.74) is 2.02. The Bertz CT molecular complexity index is 1600. The molecule has 9 heteroatoms. The van der Waals surface area contributed by atoms with Crippen molar-refractivity contribution in [2.45, 2.75) is 53.7 Å². The lowest BCUT2D eigenvalue weighted by Crippen LogP contribution is -2.40. The average Bonchev–Trinajstić information content (AvgIpc) is 3.21. The Morgan fingerprint density at radius 2 is 1.85 bits per heavy atom. The Morgan fingerprint density at radius 3 is 2.52 bits per heavy atom. The van der Waals surface area contributed by atoms with E-state index in [4.69, 9.17) is 18.9 Å². The number of fused-ring (bicyclic) bond motifs is 1. The van der Waals surface area contributed by atoms with E-state index in [0.717, 1.165) is 5.56 Å². The predicted molar refractivity (Wildman–Crippen MR) is 156 cm³/mol. The normalized spacial score (nSPS) is 15.2. The van der Waals surface area contributed by atoms with Crippen LogP contribution in [-0.4, -0.2) is 37.0 Å². The molecule has 2 aromatic carbocycles. The van der Waals surface area contributed by atoms with Crippen LogP contribution in [0.5, 0.6) is 17.2 Å². The summed E-state index contributed by atoms with van der Waals surface area (Å²) in [6.07, 6.45) is 1.70. The van der Waals surface area contributed by atoms with Crippen molar-refractivity contribution < 1.29 is 23.7 Å². The minimum atomic E-state index is -0.756. The van der Waals surface area contributed by atoms with Gasteiger partial charge in [-0.15, -0.1) is 0 Å². The molecule has 0 saturated carbocycles. The van der Waals surface area contributed by atoms with Gasteiger partial charge in [-0.3, -0.25) is 9.36 Å². The van der Waals surface area contributed by atoms with Gasteiger partial charge in [0, 0.05) is 5.56 Å². The molecule has 1 aromatic heterocycles. The van der Waals surface area contributed by atoms with Gasteiger partial charge in [-0.25, -0.2) is 9.79 Å². The summed E-state index contributed by atoms with van der Waals surface area (Å²) in [4.78, 5) is 32.4. The highest BCUT2D eigenvalue weighted by atomic mass is 32.1. The molecule has 0 bridgehead atoms. The lowest BCUT2D eigenvalue weighted by molar-refractivity contribution is -0.139. The molecule has 0 radical (unpaired) electrons. The summed E-state index contributed by atoms with van der Waals surface area (Å²) in [6, 6.07) is 12.3. The lowest BCUT2D eigenvalue weighted by atomic mass is 9.95. The smallest absolute Gasteiger partial charge is 0.338 e. The lowest BCUT2D eigenvalue weighted by Gasteiger charge is -2.26. The zero-order valence-corrected chi connectivity index (χ0v) is 24.8. The molecule has 0 unspecified atom stereocenters. The summed E-state index contributed by atoms with van der Waals surface area (Å²) in [7, 11) is 1.59. The van der Waals surface area contributed by atoms with Crippen molar-refractivity contribution in [2.24, 2.45) is 10.9 Å². The average molecular weight is 565 g/mol. The van der Waals surface area contributed by atoms with Gasteiger partial charge < -0.3 is 18.9 Å². The second-order valence-electron chi connectivity index (χ2n) is 10.1. The second kappa shape index (κ2) is 12.6. The number of hydrogen-bond acceptors (Lipinski definition) is 8. The van der Waals surface area contributed by atoms with Crippen LogP contribution >= 0.6 is 11.3 Å². The topological polar surface area (TPSA) is 88.4 Å². The maximum atomic E-state index is 14.0. The van der Waals surface area contributed by atoms with Gasteiger partial charge in [-0.05, 0) is 63.5 Å². The molecule has 1 aliphatic rings. The van der Waals surface area contributed by atoms with Gasteiger partial charge >= 0.3 is 5.97 Å². The molecule has 8 nitrogen and oxygen atoms in total. The van der Waals surface area contributed by atoms with Gasteiger partial charge in [-0.1, -0.05) is 49.4 Å². The molecule has 212 valence electrons. The number of allylic oxidation sites excluding steroid dienone is 1. The first kappa shape index (κ1) is 29.1. The third kappa shape index (κ3) is 6.14. The first-order valence-electron chi connectivity index (χ1n) is 13.4. The van der Waals surface area contributed by atoms with Crippen LogP contribution in [0, 0.1) is 5.92 Å². The number of thiazole rings is 1. The van der Waals surface area contributed by atoms with Crippen molar-refractivity contribution in [3.05, 3.63) is 84.5 Å². The zero-order valence-electron chi connectivity index (χ0n) is 24.0. The third-order valence-electron chi connectivity index (χ3n) is 6.15. The summed E-state index contributed by atoms with van der Waals surface area (Å²) < 4.78 is 25.0. The summed E-state index contributed by atoms with van der Waals surface area (Å²) in [6.45, 7) is 12.3. The molecule has 3 aromatic rings. The highest BCUT2D eigenvalue weighted by molar-refractivity contribution is 7.07. The molecule has 0 saturated heterocycles. The zero-order chi connectivity index (χ0) is 29.0. The number of ether oxygens (including phenoxy) is 4. The van der Waals surface area contributed by atoms with Crippen LogP contribution < -0.4 is 29.1 Å². The number of methoxy groups -OCH3 is 1. The molecular formula is C31H36N2O6S.